The Hall–Kier alpha value is -2.24. The third-order valence-electron chi connectivity index (χ3n) is 2.92. The largest absolute Gasteiger partial charge is 0.497 e. The molecule has 1 amide bonds. The molecular formula is C14H21N3O3. The fraction of sp³-hybridized carbons (Fsp3) is 0.429. The molecule has 0 aliphatic rings. The Labute approximate surface area is 118 Å². The molecule has 1 aromatic rings. The van der Waals surface area contributed by atoms with Gasteiger partial charge in [-0.1, -0.05) is 31.1 Å². The van der Waals surface area contributed by atoms with Crippen LogP contribution in [0.5, 0.6) is 5.75 Å². The summed E-state index contributed by atoms with van der Waals surface area (Å²) in [6, 6.07) is 6.79. The maximum Gasteiger partial charge on any atom is 0.225 e. The first-order valence-corrected chi connectivity index (χ1v) is 6.37. The molecule has 0 heterocycles. The summed E-state index contributed by atoms with van der Waals surface area (Å²) in [4.78, 5) is 12.0. The van der Waals surface area contributed by atoms with Gasteiger partial charge in [-0.25, -0.2) is 0 Å². The van der Waals surface area contributed by atoms with Crippen LogP contribution in [-0.4, -0.2) is 30.1 Å². The number of ether oxygens (including phenoxy) is 1. The van der Waals surface area contributed by atoms with E-state index in [1.54, 1.807) is 13.2 Å². The molecule has 0 aliphatic heterocycles. The Kier molecular flexibility index (Phi) is 5.83. The molecule has 0 saturated carbocycles. The van der Waals surface area contributed by atoms with E-state index in [-0.39, 0.29) is 24.1 Å². The van der Waals surface area contributed by atoms with E-state index >= 15 is 0 Å². The van der Waals surface area contributed by atoms with Crippen LogP contribution in [0.15, 0.2) is 29.4 Å². The van der Waals surface area contributed by atoms with E-state index in [1.807, 2.05) is 32.0 Å². The summed E-state index contributed by atoms with van der Waals surface area (Å²) < 4.78 is 5.11. The van der Waals surface area contributed by atoms with Crippen LogP contribution in [-0.2, 0) is 11.2 Å². The van der Waals surface area contributed by atoms with Crippen LogP contribution in [0.1, 0.15) is 19.4 Å². The van der Waals surface area contributed by atoms with Crippen LogP contribution in [0.25, 0.3) is 0 Å². The molecule has 0 bridgehead atoms. The van der Waals surface area contributed by atoms with Crippen molar-refractivity contribution >= 4 is 11.7 Å². The number of hydrogen-bond acceptors (Lipinski definition) is 4. The van der Waals surface area contributed by atoms with Gasteiger partial charge in [0.15, 0.2) is 5.84 Å². The van der Waals surface area contributed by atoms with Gasteiger partial charge in [-0.2, -0.15) is 0 Å². The maximum atomic E-state index is 12.0. The number of carbonyl (C=O) groups excluding carboxylic acids is 1. The second kappa shape index (κ2) is 7.37. The fourth-order valence-electron chi connectivity index (χ4n) is 1.84. The minimum absolute atomic E-state index is 0.000933. The van der Waals surface area contributed by atoms with Crippen molar-refractivity contribution in [2.75, 3.05) is 7.11 Å². The summed E-state index contributed by atoms with van der Waals surface area (Å²) in [6.07, 6.45) is 0.207. The molecule has 1 aromatic carbocycles. The number of amidine groups is 1. The highest BCUT2D eigenvalue weighted by Gasteiger charge is 2.20. The van der Waals surface area contributed by atoms with Gasteiger partial charge >= 0.3 is 0 Å². The average molecular weight is 279 g/mol. The lowest BCUT2D eigenvalue weighted by Crippen LogP contribution is -2.48. The second-order valence-electron chi connectivity index (χ2n) is 4.84. The minimum Gasteiger partial charge on any atom is -0.497 e. The first-order valence-electron chi connectivity index (χ1n) is 6.37. The highest BCUT2D eigenvalue weighted by molar-refractivity contribution is 5.90. The van der Waals surface area contributed by atoms with Crippen molar-refractivity contribution in [3.05, 3.63) is 29.8 Å². The normalized spacial score (nSPS) is 13.1. The van der Waals surface area contributed by atoms with Gasteiger partial charge in [0.2, 0.25) is 5.91 Å². The molecule has 0 aromatic heterocycles. The molecule has 1 rings (SSSR count). The lowest BCUT2D eigenvalue weighted by Gasteiger charge is -2.20. The Morgan fingerprint density at radius 3 is 2.75 bits per heavy atom. The Balaban J connectivity index is 2.70. The summed E-state index contributed by atoms with van der Waals surface area (Å²) in [5, 5.41) is 14.4. The molecule has 0 fully saturated rings. The first-order chi connectivity index (χ1) is 9.47. The highest BCUT2D eigenvalue weighted by Crippen LogP contribution is 2.13. The van der Waals surface area contributed by atoms with Gasteiger partial charge < -0.3 is 21.0 Å². The minimum atomic E-state index is -0.488. The van der Waals surface area contributed by atoms with Crippen molar-refractivity contribution in [1.82, 2.24) is 5.32 Å². The van der Waals surface area contributed by atoms with Gasteiger partial charge in [-0.15, -0.1) is 0 Å². The quantitative estimate of drug-likeness (QED) is 0.315. The molecule has 1 atom stereocenters. The van der Waals surface area contributed by atoms with Crippen LogP contribution >= 0.6 is 0 Å². The number of nitrogens with one attached hydrogen (secondary N) is 1. The van der Waals surface area contributed by atoms with Crippen molar-refractivity contribution < 1.29 is 14.7 Å². The Bertz CT molecular complexity index is 486. The lowest BCUT2D eigenvalue weighted by molar-refractivity contribution is -0.121. The second-order valence-corrected chi connectivity index (χ2v) is 4.84. The molecule has 6 heteroatoms. The summed E-state index contributed by atoms with van der Waals surface area (Å²) in [5.41, 5.74) is 6.41. The van der Waals surface area contributed by atoms with E-state index in [1.165, 1.54) is 0 Å². The molecule has 0 aliphatic carbocycles. The topological polar surface area (TPSA) is 96.9 Å². The maximum absolute atomic E-state index is 12.0. The zero-order valence-corrected chi connectivity index (χ0v) is 12.0. The van der Waals surface area contributed by atoms with Crippen LogP contribution < -0.4 is 15.8 Å². The first kappa shape index (κ1) is 15.8. The van der Waals surface area contributed by atoms with E-state index < -0.39 is 6.04 Å². The highest BCUT2D eigenvalue weighted by atomic mass is 16.5. The molecule has 1 unspecified atom stereocenters. The third kappa shape index (κ3) is 4.46. The fourth-order valence-corrected chi connectivity index (χ4v) is 1.84. The van der Waals surface area contributed by atoms with E-state index in [4.69, 9.17) is 15.7 Å². The number of benzene rings is 1. The Morgan fingerprint density at radius 1 is 1.50 bits per heavy atom. The van der Waals surface area contributed by atoms with E-state index in [9.17, 15) is 4.79 Å². The zero-order chi connectivity index (χ0) is 15.1. The molecule has 0 spiro atoms. The van der Waals surface area contributed by atoms with Gasteiger partial charge in [0.05, 0.1) is 19.6 Å². The number of nitrogens with zero attached hydrogens (tertiary/aromatic N) is 1. The number of oxime groups is 1. The van der Waals surface area contributed by atoms with Crippen LogP contribution in [0.2, 0.25) is 0 Å². The number of amides is 1. The molecule has 4 N–H and O–H groups in total. The van der Waals surface area contributed by atoms with Crippen molar-refractivity contribution in [2.24, 2.45) is 16.8 Å². The number of methoxy groups -OCH3 is 1. The van der Waals surface area contributed by atoms with Crippen LogP contribution in [0.3, 0.4) is 0 Å². The van der Waals surface area contributed by atoms with Gasteiger partial charge in [0.1, 0.15) is 5.75 Å². The predicted octanol–water partition coefficient (Wildman–Crippen LogP) is 1.12. The molecule has 0 saturated heterocycles. The van der Waals surface area contributed by atoms with Crippen LogP contribution in [0.4, 0.5) is 0 Å². The molecule has 6 nitrogen and oxygen atoms in total. The Morgan fingerprint density at radius 2 is 2.20 bits per heavy atom. The SMILES string of the molecule is COc1cccc(CC(=O)NC(C(N)=NO)C(C)C)c1. The number of hydrogen-bond donors (Lipinski definition) is 3. The lowest BCUT2D eigenvalue weighted by atomic mass is 10.0. The van der Waals surface area contributed by atoms with Gasteiger partial charge in [-0.3, -0.25) is 4.79 Å². The van der Waals surface area contributed by atoms with Crippen LogP contribution in [0, 0.1) is 5.92 Å². The molecule has 20 heavy (non-hydrogen) atoms. The summed E-state index contributed by atoms with van der Waals surface area (Å²) >= 11 is 0. The third-order valence-corrected chi connectivity index (χ3v) is 2.92. The van der Waals surface area contributed by atoms with Gasteiger partial charge in [-0.05, 0) is 23.6 Å². The zero-order valence-electron chi connectivity index (χ0n) is 12.0. The smallest absolute Gasteiger partial charge is 0.225 e. The number of carbonyl (C=O) groups is 1. The molecular weight excluding hydrogens is 258 g/mol. The predicted molar refractivity (Wildman–Crippen MR) is 76.9 cm³/mol. The van der Waals surface area contributed by atoms with E-state index in [0.29, 0.717) is 5.75 Å². The van der Waals surface area contributed by atoms with Crippen molar-refractivity contribution in [2.45, 2.75) is 26.3 Å². The average Bonchev–Trinajstić information content (AvgIpc) is 2.43. The van der Waals surface area contributed by atoms with Gasteiger partial charge in [0.25, 0.3) is 0 Å². The van der Waals surface area contributed by atoms with Crippen molar-refractivity contribution in [3.63, 3.8) is 0 Å². The monoisotopic (exact) mass is 279 g/mol. The summed E-state index contributed by atoms with van der Waals surface area (Å²) in [5.74, 6) is 0.537. The molecule has 0 radical (unpaired) electrons. The van der Waals surface area contributed by atoms with E-state index in [2.05, 4.69) is 10.5 Å². The number of rotatable bonds is 6. The molecule has 110 valence electrons. The summed E-state index contributed by atoms with van der Waals surface area (Å²) in [7, 11) is 1.58. The standard InChI is InChI=1S/C14H21N3O3/c1-9(2)13(14(15)17-19)16-12(18)8-10-5-4-6-11(7-10)20-3/h4-7,9,13,19H,8H2,1-3H3,(H2,15,17)(H,16,18). The number of nitrogens with two attached hydrogens (primary N) is 1. The van der Waals surface area contributed by atoms with E-state index in [0.717, 1.165) is 5.56 Å². The van der Waals surface area contributed by atoms with Crippen molar-refractivity contribution in [3.8, 4) is 5.75 Å². The summed E-state index contributed by atoms with van der Waals surface area (Å²) in [6.45, 7) is 3.77. The van der Waals surface area contributed by atoms with Gasteiger partial charge in [0, 0.05) is 0 Å². The van der Waals surface area contributed by atoms with Crippen molar-refractivity contribution in [1.29, 1.82) is 0 Å².